The van der Waals surface area contributed by atoms with Gasteiger partial charge in [0.15, 0.2) is 11.5 Å². The van der Waals surface area contributed by atoms with E-state index < -0.39 is 17.7 Å². The van der Waals surface area contributed by atoms with Crippen molar-refractivity contribution in [2.45, 2.75) is 43.8 Å². The molecule has 0 unspecified atom stereocenters. The zero-order chi connectivity index (χ0) is 28.5. The number of carbonyl (C=O) groups is 3. The van der Waals surface area contributed by atoms with Crippen molar-refractivity contribution in [2.24, 2.45) is 0 Å². The summed E-state index contributed by atoms with van der Waals surface area (Å²) in [5.74, 6) is -0.489. The van der Waals surface area contributed by atoms with Crippen molar-refractivity contribution in [1.29, 1.82) is 5.41 Å². The highest BCUT2D eigenvalue weighted by molar-refractivity contribution is 6.10. The zero-order valence-electron chi connectivity index (χ0n) is 22.7. The zero-order valence-corrected chi connectivity index (χ0v) is 22.7. The lowest BCUT2D eigenvalue weighted by molar-refractivity contribution is -0.130. The summed E-state index contributed by atoms with van der Waals surface area (Å²) in [6, 6.07) is 27.3. The second-order valence-electron chi connectivity index (χ2n) is 9.84. The van der Waals surface area contributed by atoms with Gasteiger partial charge >= 0.3 is 6.09 Å². The van der Waals surface area contributed by atoms with E-state index >= 15 is 0 Å². The fourth-order valence-corrected chi connectivity index (χ4v) is 4.98. The van der Waals surface area contributed by atoms with Gasteiger partial charge < -0.3 is 20.7 Å². The van der Waals surface area contributed by atoms with Crippen LogP contribution in [0.3, 0.4) is 0 Å². The number of amides is 3. The van der Waals surface area contributed by atoms with Crippen molar-refractivity contribution in [3.8, 4) is 0 Å². The molecule has 208 valence electrons. The highest BCUT2D eigenvalue weighted by Gasteiger charge is 2.51. The minimum absolute atomic E-state index is 0.0413. The van der Waals surface area contributed by atoms with Gasteiger partial charge in [-0.3, -0.25) is 19.9 Å². The first-order valence-electron chi connectivity index (χ1n) is 13.3. The Balaban J connectivity index is 1.39. The molecule has 1 saturated heterocycles. The van der Waals surface area contributed by atoms with Gasteiger partial charge in [0.2, 0.25) is 5.91 Å². The van der Waals surface area contributed by atoms with Crippen LogP contribution in [0, 0.1) is 5.41 Å². The van der Waals surface area contributed by atoms with Gasteiger partial charge in [0.25, 0.3) is 5.91 Å². The first-order chi connectivity index (χ1) is 19.3. The lowest BCUT2D eigenvalue weighted by atomic mass is 9.82. The molecule has 2 atom stereocenters. The van der Waals surface area contributed by atoms with Crippen LogP contribution in [-0.4, -0.2) is 54.5 Å². The van der Waals surface area contributed by atoms with Crippen LogP contribution in [0.1, 0.15) is 36.5 Å². The van der Waals surface area contributed by atoms with E-state index in [2.05, 4.69) is 16.0 Å². The third kappa shape index (κ3) is 6.31. The molecule has 3 amide bonds. The third-order valence-corrected chi connectivity index (χ3v) is 7.04. The van der Waals surface area contributed by atoms with E-state index in [0.29, 0.717) is 25.8 Å². The lowest BCUT2D eigenvalue weighted by Crippen LogP contribution is -2.50. The highest BCUT2D eigenvalue weighted by atomic mass is 16.5. The lowest BCUT2D eigenvalue weighted by Gasteiger charge is -2.28. The van der Waals surface area contributed by atoms with E-state index in [-0.39, 0.29) is 23.8 Å². The number of hydrogen-bond acceptors (Lipinski definition) is 5. The number of alkyl carbamates (subject to hydrolysis) is 1. The normalized spacial score (nSPS) is 15.6. The van der Waals surface area contributed by atoms with Gasteiger partial charge in [-0.25, -0.2) is 4.79 Å². The number of guanidine groups is 1. The van der Waals surface area contributed by atoms with Gasteiger partial charge in [-0.05, 0) is 36.5 Å². The Bertz CT molecular complexity index is 1280. The fourth-order valence-electron chi connectivity index (χ4n) is 4.98. The summed E-state index contributed by atoms with van der Waals surface area (Å²) in [4.78, 5) is 40.3. The van der Waals surface area contributed by atoms with Crippen LogP contribution in [0.5, 0.6) is 0 Å². The summed E-state index contributed by atoms with van der Waals surface area (Å²) in [6.07, 6.45) is 0.774. The minimum atomic E-state index is -1.18. The van der Waals surface area contributed by atoms with Crippen molar-refractivity contribution in [3.05, 3.63) is 108 Å². The van der Waals surface area contributed by atoms with Crippen molar-refractivity contribution in [3.63, 3.8) is 0 Å². The molecule has 1 aliphatic heterocycles. The van der Waals surface area contributed by atoms with E-state index in [4.69, 9.17) is 10.1 Å². The van der Waals surface area contributed by atoms with Gasteiger partial charge in [-0.2, -0.15) is 0 Å². The van der Waals surface area contributed by atoms with E-state index in [0.717, 1.165) is 16.7 Å². The Labute approximate surface area is 234 Å². The molecule has 0 bridgehead atoms. The number of carbonyl (C=O) groups excluding carboxylic acids is 3. The molecule has 4 rings (SSSR count). The van der Waals surface area contributed by atoms with Crippen LogP contribution in [0.15, 0.2) is 91.0 Å². The smallest absolute Gasteiger partial charge is 0.407 e. The maximum Gasteiger partial charge on any atom is 0.407 e. The van der Waals surface area contributed by atoms with E-state index in [1.54, 1.807) is 0 Å². The second-order valence-corrected chi connectivity index (χ2v) is 9.84. The van der Waals surface area contributed by atoms with Crippen molar-refractivity contribution in [2.75, 3.05) is 13.7 Å². The Morgan fingerprint density at radius 1 is 0.925 bits per heavy atom. The van der Waals surface area contributed by atoms with Crippen LogP contribution in [0.2, 0.25) is 0 Å². The minimum Gasteiger partial charge on any atom is -0.453 e. The van der Waals surface area contributed by atoms with Crippen molar-refractivity contribution < 1.29 is 19.1 Å². The molecule has 4 N–H and O–H groups in total. The van der Waals surface area contributed by atoms with Crippen LogP contribution in [0.25, 0.3) is 0 Å². The molecule has 0 aliphatic carbocycles. The predicted octanol–water partition coefficient (Wildman–Crippen LogP) is 3.55. The summed E-state index contributed by atoms with van der Waals surface area (Å²) >= 11 is 0. The molecular weight excluding hydrogens is 506 g/mol. The van der Waals surface area contributed by atoms with Crippen LogP contribution in [0.4, 0.5) is 4.79 Å². The standard InChI is InChI=1S/C31H35N5O4/c1-22(33-27(37)26(34-30(39)40-2)21-23-14-6-3-7-15-23)13-12-20-36-28(38)31(35-29(36)32,24-16-8-4-9-17-24)25-18-10-5-11-19-25/h3-11,14-19,22,26H,12-13,20-21H2,1-2H3,(H2,32,35)(H,33,37)(H,34,39)/t22-,26-/m0/s1. The molecule has 1 fully saturated rings. The molecule has 3 aromatic rings. The first kappa shape index (κ1) is 28.4. The monoisotopic (exact) mass is 541 g/mol. The van der Waals surface area contributed by atoms with E-state index in [1.165, 1.54) is 12.0 Å². The molecule has 0 aromatic heterocycles. The summed E-state index contributed by atoms with van der Waals surface area (Å²) in [5.41, 5.74) is 1.26. The molecule has 1 heterocycles. The van der Waals surface area contributed by atoms with E-state index in [9.17, 15) is 14.4 Å². The highest BCUT2D eigenvalue weighted by Crippen LogP contribution is 2.35. The molecule has 9 nitrogen and oxygen atoms in total. The average molecular weight is 542 g/mol. The maximum atomic E-state index is 13.9. The Morgan fingerprint density at radius 3 is 2.02 bits per heavy atom. The van der Waals surface area contributed by atoms with E-state index in [1.807, 2.05) is 97.9 Å². The number of nitrogens with zero attached hydrogens (tertiary/aromatic N) is 1. The van der Waals surface area contributed by atoms with Gasteiger partial charge in [-0.1, -0.05) is 91.0 Å². The largest absolute Gasteiger partial charge is 0.453 e. The van der Waals surface area contributed by atoms with Crippen LogP contribution in [-0.2, 0) is 26.3 Å². The third-order valence-electron chi connectivity index (χ3n) is 7.04. The molecule has 9 heteroatoms. The molecule has 40 heavy (non-hydrogen) atoms. The van der Waals surface area contributed by atoms with Crippen LogP contribution < -0.4 is 16.0 Å². The molecule has 3 aromatic carbocycles. The van der Waals surface area contributed by atoms with Gasteiger partial charge in [0, 0.05) is 19.0 Å². The second kappa shape index (κ2) is 12.9. The Hall–Kier alpha value is -4.66. The van der Waals surface area contributed by atoms with Gasteiger partial charge in [0.1, 0.15) is 6.04 Å². The number of methoxy groups -OCH3 is 1. The SMILES string of the molecule is COC(=O)N[C@@H](Cc1ccccc1)C(=O)N[C@@H](C)CCCN1C(=N)NC(c2ccccc2)(c2ccccc2)C1=O. The number of rotatable bonds is 11. The van der Waals surface area contributed by atoms with Gasteiger partial charge in [0.05, 0.1) is 7.11 Å². The molecule has 1 aliphatic rings. The summed E-state index contributed by atoms with van der Waals surface area (Å²) in [7, 11) is 1.26. The van der Waals surface area contributed by atoms with Crippen LogP contribution >= 0.6 is 0 Å². The first-order valence-corrected chi connectivity index (χ1v) is 13.3. The maximum absolute atomic E-state index is 13.9. The average Bonchev–Trinajstić information content (AvgIpc) is 3.24. The number of nitrogens with one attached hydrogen (secondary N) is 4. The summed E-state index contributed by atoms with van der Waals surface area (Å²) in [5, 5.41) is 17.4. The Kier molecular flexibility index (Phi) is 9.16. The van der Waals surface area contributed by atoms with Crippen molar-refractivity contribution in [1.82, 2.24) is 20.9 Å². The van der Waals surface area contributed by atoms with Crippen molar-refractivity contribution >= 4 is 23.9 Å². The molecular formula is C31H35N5O4. The molecule has 0 saturated carbocycles. The summed E-state index contributed by atoms with van der Waals surface area (Å²) < 4.78 is 4.70. The number of hydrogen-bond donors (Lipinski definition) is 4. The Morgan fingerprint density at radius 2 is 1.48 bits per heavy atom. The summed E-state index contributed by atoms with van der Waals surface area (Å²) in [6.45, 7) is 2.20. The molecule has 0 radical (unpaired) electrons. The fraction of sp³-hybridized carbons (Fsp3) is 0.290. The van der Waals surface area contributed by atoms with Gasteiger partial charge in [-0.15, -0.1) is 0 Å². The topological polar surface area (TPSA) is 124 Å². The number of benzene rings is 3. The predicted molar refractivity (Wildman–Crippen MR) is 153 cm³/mol. The molecule has 0 spiro atoms. The number of ether oxygens (including phenoxy) is 1. The quantitative estimate of drug-likeness (QED) is 0.296.